The van der Waals surface area contributed by atoms with Crippen LogP contribution in [0.1, 0.15) is 32.1 Å². The highest BCUT2D eigenvalue weighted by molar-refractivity contribution is 5.77. The number of likely N-dealkylation sites (tertiary alicyclic amines) is 2. The average Bonchev–Trinajstić information content (AvgIpc) is 3.16. The number of hydrogen-bond donors (Lipinski definition) is 1. The molecule has 0 bridgehead atoms. The number of carbonyl (C=O) groups is 2. The van der Waals surface area contributed by atoms with Crippen LogP contribution in [0.25, 0.3) is 0 Å². The van der Waals surface area contributed by atoms with Gasteiger partial charge in [0.1, 0.15) is 6.61 Å². The van der Waals surface area contributed by atoms with Crippen molar-refractivity contribution >= 4 is 11.9 Å². The molecule has 3 amide bonds. The van der Waals surface area contributed by atoms with Crippen molar-refractivity contribution in [2.45, 2.75) is 50.4 Å². The van der Waals surface area contributed by atoms with Crippen molar-refractivity contribution in [3.05, 3.63) is 0 Å². The number of rotatable bonds is 4. The Hall–Kier alpha value is -1.34. The molecule has 3 aliphatic rings. The minimum atomic E-state index is -0.359. The molecule has 22 heavy (non-hydrogen) atoms. The van der Waals surface area contributed by atoms with Gasteiger partial charge in [0.15, 0.2) is 0 Å². The number of urea groups is 1. The first kappa shape index (κ1) is 15.6. The van der Waals surface area contributed by atoms with E-state index in [1.54, 1.807) is 4.90 Å². The fourth-order valence-electron chi connectivity index (χ4n) is 3.73. The Kier molecular flexibility index (Phi) is 4.83. The maximum atomic E-state index is 11.9. The second-order valence-electron chi connectivity index (χ2n) is 6.36. The molecule has 3 fully saturated rings. The number of nitrogens with two attached hydrogens (primary N) is 1. The molecule has 7 heteroatoms. The van der Waals surface area contributed by atoms with Gasteiger partial charge in [-0.15, -0.1) is 0 Å². The van der Waals surface area contributed by atoms with Crippen molar-refractivity contribution < 1.29 is 19.1 Å². The van der Waals surface area contributed by atoms with Crippen molar-refractivity contribution in [1.82, 2.24) is 9.80 Å². The molecule has 0 aliphatic carbocycles. The molecule has 0 saturated carbocycles. The average molecular weight is 311 g/mol. The largest absolute Gasteiger partial charge is 0.370 e. The van der Waals surface area contributed by atoms with E-state index in [0.717, 1.165) is 45.2 Å². The highest BCUT2D eigenvalue weighted by atomic mass is 16.5. The van der Waals surface area contributed by atoms with Crippen molar-refractivity contribution in [2.24, 2.45) is 5.73 Å². The van der Waals surface area contributed by atoms with E-state index in [2.05, 4.69) is 0 Å². The zero-order valence-corrected chi connectivity index (χ0v) is 12.9. The fourth-order valence-corrected chi connectivity index (χ4v) is 3.73. The van der Waals surface area contributed by atoms with Crippen LogP contribution in [0.5, 0.6) is 0 Å². The molecular formula is C15H25N3O4. The number of fused-ring (bicyclic) bond motifs is 1. The van der Waals surface area contributed by atoms with Crippen LogP contribution in [-0.2, 0) is 14.3 Å². The number of primary amides is 1. The number of nitrogens with zero attached hydrogens (tertiary/aromatic N) is 2. The summed E-state index contributed by atoms with van der Waals surface area (Å²) in [6.07, 6.45) is 4.82. The first-order valence-electron chi connectivity index (χ1n) is 8.22. The second-order valence-corrected chi connectivity index (χ2v) is 6.36. The van der Waals surface area contributed by atoms with Gasteiger partial charge >= 0.3 is 6.03 Å². The predicted octanol–water partition coefficient (Wildman–Crippen LogP) is 0.326. The first-order valence-corrected chi connectivity index (χ1v) is 8.22. The Morgan fingerprint density at radius 2 is 1.91 bits per heavy atom. The maximum Gasteiger partial charge on any atom is 0.315 e. The van der Waals surface area contributed by atoms with Gasteiger partial charge in [-0.1, -0.05) is 0 Å². The lowest BCUT2D eigenvalue weighted by atomic mass is 9.99. The van der Waals surface area contributed by atoms with Gasteiger partial charge in [0.25, 0.3) is 0 Å². The summed E-state index contributed by atoms with van der Waals surface area (Å²) < 4.78 is 11.5. The van der Waals surface area contributed by atoms with E-state index in [9.17, 15) is 9.59 Å². The molecule has 3 saturated heterocycles. The van der Waals surface area contributed by atoms with E-state index >= 15 is 0 Å². The molecule has 3 atom stereocenters. The van der Waals surface area contributed by atoms with Crippen molar-refractivity contribution in [3.63, 3.8) is 0 Å². The van der Waals surface area contributed by atoms with Crippen LogP contribution in [0, 0.1) is 0 Å². The lowest BCUT2D eigenvalue weighted by molar-refractivity contribution is -0.139. The van der Waals surface area contributed by atoms with E-state index in [0.29, 0.717) is 13.2 Å². The maximum absolute atomic E-state index is 11.9. The monoisotopic (exact) mass is 311 g/mol. The smallest absolute Gasteiger partial charge is 0.315 e. The van der Waals surface area contributed by atoms with Crippen molar-refractivity contribution in [3.8, 4) is 0 Å². The Morgan fingerprint density at radius 3 is 2.64 bits per heavy atom. The second kappa shape index (κ2) is 6.83. The third-order valence-corrected chi connectivity index (χ3v) is 4.91. The molecule has 2 N–H and O–H groups in total. The Bertz CT molecular complexity index is 425. The van der Waals surface area contributed by atoms with E-state index < -0.39 is 0 Å². The summed E-state index contributed by atoms with van der Waals surface area (Å²) in [6.45, 7) is 2.97. The quantitative estimate of drug-likeness (QED) is 0.810. The first-order chi connectivity index (χ1) is 10.6. The van der Waals surface area contributed by atoms with E-state index in [4.69, 9.17) is 15.2 Å². The van der Waals surface area contributed by atoms with Crippen LogP contribution in [0.4, 0.5) is 4.79 Å². The fraction of sp³-hybridized carbons (Fsp3) is 0.867. The number of ether oxygens (including phenoxy) is 2. The number of hydrogen-bond acceptors (Lipinski definition) is 4. The molecule has 124 valence electrons. The van der Waals surface area contributed by atoms with Crippen LogP contribution in [0.2, 0.25) is 0 Å². The van der Waals surface area contributed by atoms with Crippen LogP contribution < -0.4 is 5.73 Å². The van der Waals surface area contributed by atoms with Crippen molar-refractivity contribution in [1.29, 1.82) is 0 Å². The summed E-state index contributed by atoms with van der Waals surface area (Å²) in [5.41, 5.74) is 5.38. The van der Waals surface area contributed by atoms with Gasteiger partial charge in [-0.25, -0.2) is 4.79 Å². The molecule has 3 heterocycles. The molecule has 0 aromatic heterocycles. The zero-order valence-electron chi connectivity index (χ0n) is 12.9. The molecule has 0 aromatic carbocycles. The lowest BCUT2D eigenvalue weighted by Gasteiger charge is -2.35. The standard InChI is InChI=1S/C15H25N3O4/c16-15(20)18-8-5-13-12(18)4-3-11(22-13)9-21-10-14(19)17-6-1-2-7-17/h11-13H,1-10H2,(H2,16,20)/t11-,12+,13+/m1/s1. The van der Waals surface area contributed by atoms with Gasteiger partial charge in [0.05, 0.1) is 24.9 Å². The van der Waals surface area contributed by atoms with Gasteiger partial charge < -0.3 is 25.0 Å². The molecule has 3 rings (SSSR count). The Labute approximate surface area is 130 Å². The van der Waals surface area contributed by atoms with Crippen LogP contribution >= 0.6 is 0 Å². The van der Waals surface area contributed by atoms with E-state index in [1.807, 2.05) is 4.90 Å². The van der Waals surface area contributed by atoms with Crippen molar-refractivity contribution in [2.75, 3.05) is 32.8 Å². The molecule has 0 aromatic rings. The van der Waals surface area contributed by atoms with Gasteiger partial charge in [-0.2, -0.15) is 0 Å². The summed E-state index contributed by atoms with van der Waals surface area (Å²) in [4.78, 5) is 26.8. The summed E-state index contributed by atoms with van der Waals surface area (Å²) in [6, 6.07) is -0.248. The number of amides is 3. The van der Waals surface area contributed by atoms with E-state index in [-0.39, 0.29) is 36.8 Å². The van der Waals surface area contributed by atoms with Gasteiger partial charge in [-0.05, 0) is 32.1 Å². The molecule has 0 radical (unpaired) electrons. The summed E-state index contributed by atoms with van der Waals surface area (Å²) in [5.74, 6) is 0.0759. The van der Waals surface area contributed by atoms with E-state index in [1.165, 1.54) is 0 Å². The molecular weight excluding hydrogens is 286 g/mol. The minimum absolute atomic E-state index is 0.0143. The zero-order chi connectivity index (χ0) is 15.5. The molecule has 0 spiro atoms. The number of carbonyl (C=O) groups excluding carboxylic acids is 2. The topological polar surface area (TPSA) is 85.1 Å². The van der Waals surface area contributed by atoms with Crippen LogP contribution in [0.3, 0.4) is 0 Å². The van der Waals surface area contributed by atoms with Gasteiger partial charge in [0, 0.05) is 19.6 Å². The predicted molar refractivity (Wildman–Crippen MR) is 79.2 cm³/mol. The lowest BCUT2D eigenvalue weighted by Crippen LogP contribution is -2.47. The summed E-state index contributed by atoms with van der Waals surface area (Å²) in [7, 11) is 0. The molecule has 7 nitrogen and oxygen atoms in total. The Balaban J connectivity index is 1.38. The Morgan fingerprint density at radius 1 is 1.14 bits per heavy atom. The van der Waals surface area contributed by atoms with Crippen LogP contribution in [0.15, 0.2) is 0 Å². The third kappa shape index (κ3) is 3.35. The SMILES string of the molecule is NC(=O)N1CC[C@@H]2O[C@@H](COCC(=O)N3CCCC3)CC[C@@H]21. The molecule has 0 unspecified atom stereocenters. The van der Waals surface area contributed by atoms with Gasteiger partial charge in [0.2, 0.25) is 5.91 Å². The molecule has 3 aliphatic heterocycles. The summed E-state index contributed by atoms with van der Waals surface area (Å²) in [5, 5.41) is 0. The minimum Gasteiger partial charge on any atom is -0.370 e. The normalized spacial score (nSPS) is 31.4. The highest BCUT2D eigenvalue weighted by Crippen LogP contribution is 2.31. The van der Waals surface area contributed by atoms with Crippen LogP contribution in [-0.4, -0.2) is 72.8 Å². The van der Waals surface area contributed by atoms with Gasteiger partial charge in [-0.3, -0.25) is 4.79 Å². The third-order valence-electron chi connectivity index (χ3n) is 4.91. The highest BCUT2D eigenvalue weighted by Gasteiger charge is 2.41. The summed E-state index contributed by atoms with van der Waals surface area (Å²) >= 11 is 0.